The second-order valence-electron chi connectivity index (χ2n) is 7.56. The molecule has 1 atom stereocenters. The highest BCUT2D eigenvalue weighted by atomic mass is 35.5. The normalized spacial score (nSPS) is 18.9. The minimum atomic E-state index is -1.94. The van der Waals surface area contributed by atoms with Crippen LogP contribution in [0.4, 0.5) is 5.69 Å². The number of hydrogen-bond acceptors (Lipinski definition) is 5. The third kappa shape index (κ3) is 3.34. The van der Waals surface area contributed by atoms with Gasteiger partial charge in [0.25, 0.3) is 5.91 Å². The number of halogens is 1. The molecule has 1 N–H and O–H groups in total. The summed E-state index contributed by atoms with van der Waals surface area (Å²) >= 11 is 5.90. The minimum absolute atomic E-state index is 0.164. The van der Waals surface area contributed by atoms with E-state index in [0.29, 0.717) is 33.3 Å². The summed E-state index contributed by atoms with van der Waals surface area (Å²) in [6.45, 7) is 0.390. The molecule has 0 radical (unpaired) electrons. The largest absolute Gasteiger partial charge is 0.454 e. The van der Waals surface area contributed by atoms with E-state index in [4.69, 9.17) is 21.1 Å². The van der Waals surface area contributed by atoms with E-state index in [1.807, 2.05) is 12.1 Å². The number of ketones is 1. The number of Topliss-reactive ketones (excluding diaryl/α,β-unsaturated/α-hetero) is 1. The maximum Gasteiger partial charge on any atom is 0.264 e. The zero-order valence-electron chi connectivity index (χ0n) is 16.4. The van der Waals surface area contributed by atoms with Gasteiger partial charge in [0, 0.05) is 16.1 Å². The average molecular weight is 436 g/mol. The third-order valence-corrected chi connectivity index (χ3v) is 5.85. The Balaban J connectivity index is 1.46. The molecule has 5 rings (SSSR count). The molecule has 0 aliphatic carbocycles. The van der Waals surface area contributed by atoms with Crippen molar-refractivity contribution in [1.82, 2.24) is 0 Å². The van der Waals surface area contributed by atoms with Crippen LogP contribution < -0.4 is 14.4 Å². The number of para-hydroxylation sites is 1. The lowest BCUT2D eigenvalue weighted by atomic mass is 9.88. The number of aliphatic hydroxyl groups is 1. The van der Waals surface area contributed by atoms with Crippen molar-refractivity contribution in [3.05, 3.63) is 88.4 Å². The van der Waals surface area contributed by atoms with E-state index in [0.717, 1.165) is 5.56 Å². The molecule has 2 aliphatic rings. The van der Waals surface area contributed by atoms with Gasteiger partial charge in [-0.05, 0) is 48.0 Å². The van der Waals surface area contributed by atoms with E-state index in [-0.39, 0.29) is 25.5 Å². The highest BCUT2D eigenvalue weighted by molar-refractivity contribution is 6.30. The van der Waals surface area contributed by atoms with Gasteiger partial charge in [0.15, 0.2) is 22.9 Å². The van der Waals surface area contributed by atoms with Gasteiger partial charge in [0.1, 0.15) is 0 Å². The molecule has 7 heteroatoms. The molecular weight excluding hydrogens is 418 g/mol. The van der Waals surface area contributed by atoms with Crippen LogP contribution in [0.5, 0.6) is 11.5 Å². The van der Waals surface area contributed by atoms with Gasteiger partial charge in [-0.25, -0.2) is 0 Å². The maximum absolute atomic E-state index is 13.4. The minimum Gasteiger partial charge on any atom is -0.454 e. The Morgan fingerprint density at radius 2 is 1.77 bits per heavy atom. The van der Waals surface area contributed by atoms with Crippen LogP contribution in [-0.4, -0.2) is 23.6 Å². The summed E-state index contributed by atoms with van der Waals surface area (Å²) < 4.78 is 10.8. The van der Waals surface area contributed by atoms with Gasteiger partial charge in [-0.15, -0.1) is 0 Å². The Hall–Kier alpha value is -3.35. The Morgan fingerprint density at radius 3 is 2.58 bits per heavy atom. The lowest BCUT2D eigenvalue weighted by Gasteiger charge is -2.23. The maximum atomic E-state index is 13.4. The fraction of sp³-hybridized carbons (Fsp3) is 0.167. The molecule has 31 heavy (non-hydrogen) atoms. The van der Waals surface area contributed by atoms with Crippen LogP contribution in [-0.2, 0) is 16.9 Å². The number of ether oxygens (including phenoxy) is 2. The number of nitrogens with zero attached hydrogens (tertiary/aromatic N) is 1. The quantitative estimate of drug-likeness (QED) is 0.611. The fourth-order valence-electron chi connectivity index (χ4n) is 4.03. The molecule has 0 saturated carbocycles. The summed E-state index contributed by atoms with van der Waals surface area (Å²) in [5, 5.41) is 11.9. The molecular formula is C24H18ClNO5. The molecule has 2 heterocycles. The highest BCUT2D eigenvalue weighted by Crippen LogP contribution is 2.44. The lowest BCUT2D eigenvalue weighted by molar-refractivity contribution is -0.136. The number of anilines is 1. The standard InChI is InChI=1S/C24H18ClNO5/c25-17-8-6-16(7-9-17)20(27)12-24(29)18-3-1-2-4-19(18)26(23(24)28)13-15-5-10-21-22(11-15)31-14-30-21/h1-11,29H,12-14H2/t24-/m0/s1. The van der Waals surface area contributed by atoms with Crippen molar-refractivity contribution in [1.29, 1.82) is 0 Å². The average Bonchev–Trinajstić information content (AvgIpc) is 3.32. The van der Waals surface area contributed by atoms with Gasteiger partial charge in [0.05, 0.1) is 18.7 Å². The van der Waals surface area contributed by atoms with Gasteiger partial charge in [-0.3, -0.25) is 9.59 Å². The van der Waals surface area contributed by atoms with Gasteiger partial charge in [-0.1, -0.05) is 35.9 Å². The van der Waals surface area contributed by atoms with Crippen LogP contribution in [0, 0.1) is 0 Å². The van der Waals surface area contributed by atoms with Crippen molar-refractivity contribution in [3.8, 4) is 11.5 Å². The van der Waals surface area contributed by atoms with Gasteiger partial charge >= 0.3 is 0 Å². The van der Waals surface area contributed by atoms with Crippen LogP contribution in [0.25, 0.3) is 0 Å². The second-order valence-corrected chi connectivity index (χ2v) is 8.00. The van der Waals surface area contributed by atoms with Crippen molar-refractivity contribution in [3.63, 3.8) is 0 Å². The number of fused-ring (bicyclic) bond motifs is 2. The zero-order valence-corrected chi connectivity index (χ0v) is 17.1. The van der Waals surface area contributed by atoms with Crippen molar-refractivity contribution >= 4 is 29.0 Å². The molecule has 0 bridgehead atoms. The summed E-state index contributed by atoms with van der Waals surface area (Å²) in [6.07, 6.45) is -0.359. The zero-order chi connectivity index (χ0) is 21.6. The summed E-state index contributed by atoms with van der Waals surface area (Å²) in [4.78, 5) is 27.8. The van der Waals surface area contributed by atoms with Crippen molar-refractivity contribution in [2.45, 2.75) is 18.6 Å². The summed E-state index contributed by atoms with van der Waals surface area (Å²) in [6, 6.07) is 18.8. The molecule has 2 aliphatic heterocycles. The Kier molecular flexibility index (Phi) is 4.68. The number of carbonyl (C=O) groups is 2. The second kappa shape index (κ2) is 7.41. The first-order chi connectivity index (χ1) is 15.0. The van der Waals surface area contributed by atoms with Crippen molar-refractivity contribution in [2.24, 2.45) is 0 Å². The van der Waals surface area contributed by atoms with Crippen LogP contribution in [0.15, 0.2) is 66.7 Å². The molecule has 3 aromatic carbocycles. The molecule has 0 aromatic heterocycles. The number of amides is 1. The molecule has 1 amide bonds. The van der Waals surface area contributed by atoms with E-state index < -0.39 is 11.5 Å². The van der Waals surface area contributed by atoms with E-state index in [9.17, 15) is 14.7 Å². The predicted molar refractivity (Wildman–Crippen MR) is 114 cm³/mol. The van der Waals surface area contributed by atoms with Crippen LogP contribution in [0.3, 0.4) is 0 Å². The molecule has 0 unspecified atom stereocenters. The number of hydrogen-bond donors (Lipinski definition) is 1. The fourth-order valence-corrected chi connectivity index (χ4v) is 4.15. The lowest BCUT2D eigenvalue weighted by Crippen LogP contribution is -2.41. The predicted octanol–water partition coefficient (Wildman–Crippen LogP) is 4.08. The van der Waals surface area contributed by atoms with Gasteiger partial charge < -0.3 is 19.5 Å². The van der Waals surface area contributed by atoms with Crippen LogP contribution in [0.1, 0.15) is 27.9 Å². The van der Waals surface area contributed by atoms with E-state index in [2.05, 4.69) is 0 Å². The molecule has 0 saturated heterocycles. The number of rotatable bonds is 5. The molecule has 0 fully saturated rings. The Morgan fingerprint density at radius 1 is 1.03 bits per heavy atom. The molecule has 6 nitrogen and oxygen atoms in total. The Bertz CT molecular complexity index is 1190. The first-order valence-corrected chi connectivity index (χ1v) is 10.1. The summed E-state index contributed by atoms with van der Waals surface area (Å²) in [5.41, 5.74) is 0.265. The number of benzene rings is 3. The van der Waals surface area contributed by atoms with Crippen molar-refractivity contribution < 1.29 is 24.2 Å². The highest BCUT2D eigenvalue weighted by Gasteiger charge is 2.50. The molecule has 0 spiro atoms. The van der Waals surface area contributed by atoms with Gasteiger partial charge in [-0.2, -0.15) is 0 Å². The van der Waals surface area contributed by atoms with E-state index in [1.165, 1.54) is 4.90 Å². The Labute approximate surface area is 183 Å². The van der Waals surface area contributed by atoms with E-state index in [1.54, 1.807) is 54.6 Å². The first-order valence-electron chi connectivity index (χ1n) is 9.77. The summed E-state index contributed by atoms with van der Waals surface area (Å²) in [5.74, 6) is 0.397. The summed E-state index contributed by atoms with van der Waals surface area (Å²) in [7, 11) is 0. The topological polar surface area (TPSA) is 76.1 Å². The molecule has 156 valence electrons. The van der Waals surface area contributed by atoms with E-state index >= 15 is 0 Å². The van der Waals surface area contributed by atoms with Crippen LogP contribution >= 0.6 is 11.6 Å². The van der Waals surface area contributed by atoms with Crippen molar-refractivity contribution in [2.75, 3.05) is 11.7 Å². The molecule has 3 aromatic rings. The number of carbonyl (C=O) groups excluding carboxylic acids is 2. The third-order valence-electron chi connectivity index (χ3n) is 5.60. The van der Waals surface area contributed by atoms with Crippen LogP contribution in [0.2, 0.25) is 5.02 Å². The van der Waals surface area contributed by atoms with Gasteiger partial charge in [0.2, 0.25) is 6.79 Å². The smallest absolute Gasteiger partial charge is 0.264 e. The monoisotopic (exact) mass is 435 g/mol. The SMILES string of the molecule is O=C(C[C@@]1(O)C(=O)N(Cc2ccc3c(c2)OCO3)c2ccccc21)c1ccc(Cl)cc1. The first kappa shape index (κ1) is 19.6.